The van der Waals surface area contributed by atoms with Crippen LogP contribution in [-0.4, -0.2) is 33.9 Å². The van der Waals surface area contributed by atoms with Gasteiger partial charge in [-0.15, -0.1) is 0 Å². The first-order chi connectivity index (χ1) is 11.2. The lowest BCUT2D eigenvalue weighted by molar-refractivity contribution is 0.0718. The topological polar surface area (TPSA) is 58.1 Å². The molecule has 0 bridgehead atoms. The summed E-state index contributed by atoms with van der Waals surface area (Å²) in [5.41, 5.74) is 1.60. The van der Waals surface area contributed by atoms with E-state index in [1.54, 1.807) is 12.4 Å². The third-order valence-corrected chi connectivity index (χ3v) is 4.18. The Morgan fingerprint density at radius 2 is 1.83 bits per heavy atom. The first-order valence-electron chi connectivity index (χ1n) is 8.17. The van der Waals surface area contributed by atoms with Crippen molar-refractivity contribution in [3.63, 3.8) is 0 Å². The lowest BCUT2D eigenvalue weighted by Gasteiger charge is -2.26. The van der Waals surface area contributed by atoms with Crippen LogP contribution in [0.4, 0.5) is 5.82 Å². The van der Waals surface area contributed by atoms with Gasteiger partial charge in [0.15, 0.2) is 0 Å². The molecule has 2 aromatic rings. The molecule has 1 aromatic carbocycles. The number of hydrogen-bond acceptors (Lipinski definition) is 4. The zero-order valence-corrected chi connectivity index (χ0v) is 13.4. The molecular weight excluding hydrogens is 288 g/mol. The third-order valence-electron chi connectivity index (χ3n) is 4.18. The molecule has 0 aliphatic carbocycles. The summed E-state index contributed by atoms with van der Waals surface area (Å²) >= 11 is 0. The maximum Gasteiger partial charge on any atom is 0.274 e. The van der Waals surface area contributed by atoms with Crippen molar-refractivity contribution < 1.29 is 4.79 Å². The number of aromatic nitrogens is 2. The largest absolute Gasteiger partial charge is 0.362 e. The van der Waals surface area contributed by atoms with E-state index < -0.39 is 0 Å². The number of nitrogens with one attached hydrogen (secondary N) is 1. The molecule has 1 N–H and O–H groups in total. The molecule has 1 unspecified atom stereocenters. The Kier molecular flexibility index (Phi) is 4.86. The van der Waals surface area contributed by atoms with Gasteiger partial charge in [0.25, 0.3) is 5.91 Å². The molecule has 1 saturated heterocycles. The van der Waals surface area contributed by atoms with Crippen molar-refractivity contribution in [2.75, 3.05) is 18.4 Å². The molecule has 1 atom stereocenters. The van der Waals surface area contributed by atoms with E-state index in [1.165, 1.54) is 12.0 Å². The molecule has 5 heteroatoms. The second-order valence-corrected chi connectivity index (χ2v) is 5.92. The molecule has 0 spiro atoms. The molecule has 1 aromatic heterocycles. The normalized spacial score (nSPS) is 16.0. The smallest absolute Gasteiger partial charge is 0.274 e. The Bertz CT molecular complexity index is 636. The van der Waals surface area contributed by atoms with Crippen molar-refractivity contribution in [2.45, 2.75) is 32.2 Å². The van der Waals surface area contributed by atoms with Crippen LogP contribution >= 0.6 is 0 Å². The third kappa shape index (κ3) is 3.86. The predicted molar refractivity (Wildman–Crippen MR) is 90.3 cm³/mol. The zero-order valence-electron chi connectivity index (χ0n) is 13.4. The zero-order chi connectivity index (χ0) is 16.1. The number of likely N-dealkylation sites (tertiary alicyclic amines) is 1. The summed E-state index contributed by atoms with van der Waals surface area (Å²) in [6.45, 7) is 3.72. The van der Waals surface area contributed by atoms with Crippen molar-refractivity contribution >= 4 is 11.7 Å². The summed E-state index contributed by atoms with van der Waals surface area (Å²) in [5, 5.41) is 3.31. The summed E-state index contributed by atoms with van der Waals surface area (Å²) in [6, 6.07) is 10.3. The summed E-state index contributed by atoms with van der Waals surface area (Å²) in [4.78, 5) is 22.8. The molecule has 1 aliphatic rings. The van der Waals surface area contributed by atoms with Crippen molar-refractivity contribution in [1.29, 1.82) is 0 Å². The Balaban J connectivity index is 1.63. The van der Waals surface area contributed by atoms with Gasteiger partial charge in [0.2, 0.25) is 0 Å². The minimum Gasteiger partial charge on any atom is -0.362 e. The van der Waals surface area contributed by atoms with Crippen LogP contribution in [0.3, 0.4) is 0 Å². The minimum atomic E-state index is -0.0140. The van der Waals surface area contributed by atoms with Gasteiger partial charge < -0.3 is 10.2 Å². The SMILES string of the molecule is CC(Nc1cnc(C(=O)N2CCCCC2)cn1)c1ccccc1. The molecule has 1 amide bonds. The Morgan fingerprint density at radius 3 is 2.48 bits per heavy atom. The molecule has 2 heterocycles. The molecule has 23 heavy (non-hydrogen) atoms. The number of carbonyl (C=O) groups excluding carboxylic acids is 1. The predicted octanol–water partition coefficient (Wildman–Crippen LogP) is 3.28. The van der Waals surface area contributed by atoms with E-state index in [-0.39, 0.29) is 11.9 Å². The number of amides is 1. The Hall–Kier alpha value is -2.43. The van der Waals surface area contributed by atoms with Crippen molar-refractivity contribution in [3.8, 4) is 0 Å². The standard InChI is InChI=1S/C18H22N4O/c1-14(15-8-4-2-5-9-15)21-17-13-19-16(12-20-17)18(23)22-10-6-3-7-11-22/h2,4-5,8-9,12-14H,3,6-7,10-11H2,1H3,(H,20,21). The van der Waals surface area contributed by atoms with Gasteiger partial charge in [-0.3, -0.25) is 4.79 Å². The maximum absolute atomic E-state index is 12.4. The first kappa shape index (κ1) is 15.5. The second kappa shape index (κ2) is 7.22. The second-order valence-electron chi connectivity index (χ2n) is 5.92. The maximum atomic E-state index is 12.4. The Morgan fingerprint density at radius 1 is 1.09 bits per heavy atom. The minimum absolute atomic E-state index is 0.0140. The fourth-order valence-corrected chi connectivity index (χ4v) is 2.82. The van der Waals surface area contributed by atoms with Gasteiger partial charge in [-0.05, 0) is 31.7 Å². The fourth-order valence-electron chi connectivity index (χ4n) is 2.82. The summed E-state index contributed by atoms with van der Waals surface area (Å²) in [6.07, 6.45) is 6.56. The monoisotopic (exact) mass is 310 g/mol. The van der Waals surface area contributed by atoms with Crippen LogP contribution < -0.4 is 5.32 Å². The summed E-state index contributed by atoms with van der Waals surface area (Å²) in [5.74, 6) is 0.663. The van der Waals surface area contributed by atoms with Gasteiger partial charge >= 0.3 is 0 Å². The van der Waals surface area contributed by atoms with E-state index in [0.29, 0.717) is 11.5 Å². The quantitative estimate of drug-likeness (QED) is 0.941. The first-order valence-corrected chi connectivity index (χ1v) is 8.17. The van der Waals surface area contributed by atoms with Crippen LogP contribution in [0.1, 0.15) is 48.3 Å². The van der Waals surface area contributed by atoms with Crippen LogP contribution in [0.15, 0.2) is 42.7 Å². The number of piperidine rings is 1. The molecule has 1 fully saturated rings. The van der Waals surface area contributed by atoms with E-state index in [9.17, 15) is 4.79 Å². The van der Waals surface area contributed by atoms with Gasteiger partial charge in [-0.2, -0.15) is 0 Å². The van der Waals surface area contributed by atoms with Crippen molar-refractivity contribution in [3.05, 3.63) is 54.0 Å². The number of rotatable bonds is 4. The van der Waals surface area contributed by atoms with E-state index in [2.05, 4.69) is 34.3 Å². The number of anilines is 1. The highest BCUT2D eigenvalue weighted by atomic mass is 16.2. The highest BCUT2D eigenvalue weighted by molar-refractivity contribution is 5.92. The Labute approximate surface area is 136 Å². The number of nitrogens with zero attached hydrogens (tertiary/aromatic N) is 3. The van der Waals surface area contributed by atoms with E-state index in [0.717, 1.165) is 25.9 Å². The van der Waals surface area contributed by atoms with Gasteiger partial charge in [-0.25, -0.2) is 9.97 Å². The van der Waals surface area contributed by atoms with E-state index in [4.69, 9.17) is 0 Å². The fraction of sp³-hybridized carbons (Fsp3) is 0.389. The molecule has 3 rings (SSSR count). The lowest BCUT2D eigenvalue weighted by atomic mass is 10.1. The number of hydrogen-bond donors (Lipinski definition) is 1. The van der Waals surface area contributed by atoms with E-state index in [1.807, 2.05) is 23.1 Å². The average Bonchev–Trinajstić information content (AvgIpc) is 2.63. The highest BCUT2D eigenvalue weighted by Gasteiger charge is 2.19. The van der Waals surface area contributed by atoms with Gasteiger partial charge in [0, 0.05) is 19.1 Å². The van der Waals surface area contributed by atoms with Gasteiger partial charge in [0.05, 0.1) is 12.4 Å². The molecule has 0 saturated carbocycles. The number of carbonyl (C=O) groups is 1. The van der Waals surface area contributed by atoms with Crippen LogP contribution in [0.5, 0.6) is 0 Å². The average molecular weight is 310 g/mol. The van der Waals surface area contributed by atoms with Gasteiger partial charge in [0.1, 0.15) is 11.5 Å². The van der Waals surface area contributed by atoms with Crippen LogP contribution in [0.2, 0.25) is 0 Å². The molecule has 1 aliphatic heterocycles. The van der Waals surface area contributed by atoms with Crippen molar-refractivity contribution in [1.82, 2.24) is 14.9 Å². The molecule has 5 nitrogen and oxygen atoms in total. The molecule has 0 radical (unpaired) electrons. The van der Waals surface area contributed by atoms with Crippen LogP contribution in [-0.2, 0) is 0 Å². The highest BCUT2D eigenvalue weighted by Crippen LogP contribution is 2.17. The lowest BCUT2D eigenvalue weighted by Crippen LogP contribution is -2.36. The van der Waals surface area contributed by atoms with Crippen LogP contribution in [0, 0.1) is 0 Å². The van der Waals surface area contributed by atoms with Gasteiger partial charge in [-0.1, -0.05) is 30.3 Å². The summed E-state index contributed by atoms with van der Waals surface area (Å²) < 4.78 is 0. The number of benzene rings is 1. The van der Waals surface area contributed by atoms with Crippen LogP contribution in [0.25, 0.3) is 0 Å². The molecule has 120 valence electrons. The summed E-state index contributed by atoms with van der Waals surface area (Å²) in [7, 11) is 0. The van der Waals surface area contributed by atoms with Crippen molar-refractivity contribution in [2.24, 2.45) is 0 Å². The molecular formula is C18H22N4O. The van der Waals surface area contributed by atoms with E-state index >= 15 is 0 Å².